The minimum absolute atomic E-state index is 0.121. The molecule has 2 aliphatic carbocycles. The summed E-state index contributed by atoms with van der Waals surface area (Å²) >= 11 is 7.32. The predicted molar refractivity (Wildman–Crippen MR) is 88.1 cm³/mol. The van der Waals surface area contributed by atoms with Gasteiger partial charge in [0.15, 0.2) is 0 Å². The summed E-state index contributed by atoms with van der Waals surface area (Å²) in [5.74, 6) is -0.584. The molecule has 2 heterocycles. The fourth-order valence-corrected chi connectivity index (χ4v) is 6.49. The Kier molecular flexibility index (Phi) is 4.05. The average Bonchev–Trinajstić information content (AvgIpc) is 3.16. The van der Waals surface area contributed by atoms with E-state index in [0.717, 1.165) is 6.42 Å². The first kappa shape index (κ1) is 16.0. The van der Waals surface area contributed by atoms with E-state index in [1.165, 1.54) is 4.90 Å². The maximum absolute atomic E-state index is 12.7. The molecule has 2 saturated heterocycles. The summed E-state index contributed by atoms with van der Waals surface area (Å²) in [7, 11) is 0. The van der Waals surface area contributed by atoms with Crippen LogP contribution in [0.5, 0.6) is 0 Å². The number of amides is 3. The van der Waals surface area contributed by atoms with Gasteiger partial charge in [-0.15, -0.1) is 0 Å². The number of carbonyl (C=O) groups excluding carboxylic acids is 3. The van der Waals surface area contributed by atoms with Crippen molar-refractivity contribution in [3.8, 4) is 0 Å². The van der Waals surface area contributed by atoms with Gasteiger partial charge in [-0.1, -0.05) is 31.9 Å². The number of rotatable bonds is 2. The molecule has 4 aliphatic rings. The van der Waals surface area contributed by atoms with Crippen molar-refractivity contribution < 1.29 is 19.1 Å². The normalized spacial score (nSPS) is 42.5. The van der Waals surface area contributed by atoms with Crippen LogP contribution in [0.1, 0.15) is 6.42 Å². The van der Waals surface area contributed by atoms with E-state index in [1.807, 2.05) is 0 Å². The Morgan fingerprint density at radius 3 is 2.09 bits per heavy atom. The smallest absolute Gasteiger partial charge is 0.242 e. The van der Waals surface area contributed by atoms with E-state index in [-0.39, 0.29) is 57.6 Å². The first-order chi connectivity index (χ1) is 11.0. The van der Waals surface area contributed by atoms with Gasteiger partial charge in [-0.05, 0) is 18.3 Å². The number of likely N-dealkylation sites (tertiary alicyclic amines) is 1. The lowest BCUT2D eigenvalue weighted by Gasteiger charge is -2.28. The Labute approximate surface area is 151 Å². The quantitative estimate of drug-likeness (QED) is 0.458. The van der Waals surface area contributed by atoms with Gasteiger partial charge < -0.3 is 9.64 Å². The third-order valence-electron chi connectivity index (χ3n) is 5.74. The van der Waals surface area contributed by atoms with Crippen LogP contribution in [0.3, 0.4) is 0 Å². The van der Waals surface area contributed by atoms with Crippen molar-refractivity contribution in [3.63, 3.8) is 0 Å². The van der Waals surface area contributed by atoms with Crippen LogP contribution in [0.2, 0.25) is 0 Å². The number of imide groups is 1. The highest BCUT2D eigenvalue weighted by molar-refractivity contribution is 9.12. The molecular weight excluding hydrogens is 432 g/mol. The Morgan fingerprint density at radius 1 is 1.04 bits per heavy atom. The molecule has 8 heteroatoms. The second kappa shape index (κ2) is 5.81. The standard InChI is InChI=1S/C15H18Br2N2O4/c16-12-7-5-8(13(12)17)11-10(7)14(21)19(15(11)22)6-9(20)18-1-3-23-4-2-18/h7-8,10-13H,1-6H2/t7-,8-,10-,11+,12+,13+/m1/s1. The predicted octanol–water partition coefficient (Wildman–Crippen LogP) is 0.623. The first-order valence-electron chi connectivity index (χ1n) is 7.99. The number of morpholine rings is 1. The molecule has 4 rings (SSSR count). The van der Waals surface area contributed by atoms with Gasteiger partial charge in [0, 0.05) is 22.7 Å². The maximum atomic E-state index is 12.7. The van der Waals surface area contributed by atoms with Crippen molar-refractivity contribution in [2.75, 3.05) is 32.8 Å². The van der Waals surface area contributed by atoms with Gasteiger partial charge in [0.1, 0.15) is 6.54 Å². The summed E-state index contributed by atoms with van der Waals surface area (Å²) in [6.45, 7) is 1.96. The molecule has 2 bridgehead atoms. The summed E-state index contributed by atoms with van der Waals surface area (Å²) in [4.78, 5) is 41.2. The van der Waals surface area contributed by atoms with Crippen molar-refractivity contribution >= 4 is 49.6 Å². The zero-order valence-corrected chi connectivity index (χ0v) is 15.7. The van der Waals surface area contributed by atoms with Gasteiger partial charge in [0.05, 0.1) is 25.0 Å². The van der Waals surface area contributed by atoms with Crippen molar-refractivity contribution in [3.05, 3.63) is 0 Å². The molecule has 0 aromatic heterocycles. The summed E-state index contributed by atoms with van der Waals surface area (Å²) in [6.07, 6.45) is 0.907. The molecule has 6 atom stereocenters. The van der Waals surface area contributed by atoms with Crippen LogP contribution in [0.15, 0.2) is 0 Å². The van der Waals surface area contributed by atoms with E-state index < -0.39 is 0 Å². The number of alkyl halides is 2. The minimum Gasteiger partial charge on any atom is -0.378 e. The van der Waals surface area contributed by atoms with Crippen LogP contribution < -0.4 is 0 Å². The maximum Gasteiger partial charge on any atom is 0.242 e. The molecule has 2 aliphatic heterocycles. The summed E-state index contributed by atoms with van der Waals surface area (Å²) in [5.41, 5.74) is 0. The number of hydrogen-bond donors (Lipinski definition) is 0. The largest absolute Gasteiger partial charge is 0.378 e. The van der Waals surface area contributed by atoms with Gasteiger partial charge in [-0.2, -0.15) is 0 Å². The molecule has 0 unspecified atom stereocenters. The average molecular weight is 450 g/mol. The highest BCUT2D eigenvalue weighted by Gasteiger charge is 2.66. The number of ether oxygens (including phenoxy) is 1. The number of halogens is 2. The van der Waals surface area contributed by atoms with Crippen LogP contribution in [-0.4, -0.2) is 70.0 Å². The monoisotopic (exact) mass is 448 g/mol. The first-order valence-corrected chi connectivity index (χ1v) is 9.82. The number of nitrogens with zero attached hydrogens (tertiary/aromatic N) is 2. The third kappa shape index (κ3) is 2.32. The SMILES string of the molecule is O=C(CN1C(=O)[C@@H]2[C@H]3C[C@@H]([C@H](Br)[C@H]3Br)[C@@H]2C1=O)N1CCOCC1. The van der Waals surface area contributed by atoms with E-state index in [4.69, 9.17) is 4.74 Å². The highest BCUT2D eigenvalue weighted by atomic mass is 79.9. The second-order valence-electron chi connectivity index (χ2n) is 6.76. The summed E-state index contributed by atoms with van der Waals surface area (Å²) in [5, 5.41) is 0. The van der Waals surface area contributed by atoms with Gasteiger partial charge >= 0.3 is 0 Å². The molecule has 0 N–H and O–H groups in total. The van der Waals surface area contributed by atoms with E-state index in [0.29, 0.717) is 26.3 Å². The molecular formula is C15H18Br2N2O4. The summed E-state index contributed by atoms with van der Waals surface area (Å²) in [6, 6.07) is 0. The summed E-state index contributed by atoms with van der Waals surface area (Å²) < 4.78 is 5.23. The third-order valence-corrected chi connectivity index (χ3v) is 8.94. The molecule has 23 heavy (non-hydrogen) atoms. The molecule has 3 amide bonds. The molecule has 2 saturated carbocycles. The van der Waals surface area contributed by atoms with Gasteiger partial charge in [-0.3, -0.25) is 19.3 Å². The molecule has 0 aromatic carbocycles. The van der Waals surface area contributed by atoms with Crippen LogP contribution in [0.4, 0.5) is 0 Å². The molecule has 0 radical (unpaired) electrons. The lowest BCUT2D eigenvalue weighted by atomic mass is 9.81. The fourth-order valence-electron chi connectivity index (χ4n) is 4.61. The minimum atomic E-state index is -0.247. The molecule has 0 spiro atoms. The van der Waals surface area contributed by atoms with Crippen LogP contribution in [0, 0.1) is 23.7 Å². The van der Waals surface area contributed by atoms with E-state index in [9.17, 15) is 14.4 Å². The Morgan fingerprint density at radius 2 is 1.57 bits per heavy atom. The van der Waals surface area contributed by atoms with E-state index in [1.54, 1.807) is 4.90 Å². The van der Waals surface area contributed by atoms with Crippen LogP contribution >= 0.6 is 31.9 Å². The highest BCUT2D eigenvalue weighted by Crippen LogP contribution is 2.60. The molecule has 4 fully saturated rings. The fraction of sp³-hybridized carbons (Fsp3) is 0.800. The van der Waals surface area contributed by atoms with Gasteiger partial charge in [0.2, 0.25) is 17.7 Å². The zero-order valence-electron chi connectivity index (χ0n) is 12.5. The van der Waals surface area contributed by atoms with Crippen molar-refractivity contribution in [2.24, 2.45) is 23.7 Å². The lowest BCUT2D eigenvalue weighted by molar-refractivity contribution is -0.148. The van der Waals surface area contributed by atoms with Crippen LogP contribution in [0.25, 0.3) is 0 Å². The number of hydrogen-bond acceptors (Lipinski definition) is 4. The number of fused-ring (bicyclic) bond motifs is 5. The molecule has 6 nitrogen and oxygen atoms in total. The van der Waals surface area contributed by atoms with Crippen molar-refractivity contribution in [2.45, 2.75) is 16.1 Å². The van der Waals surface area contributed by atoms with Gasteiger partial charge in [0.25, 0.3) is 0 Å². The Bertz CT molecular complexity index is 534. The number of carbonyl (C=O) groups is 3. The van der Waals surface area contributed by atoms with Crippen molar-refractivity contribution in [1.82, 2.24) is 9.80 Å². The topological polar surface area (TPSA) is 66.9 Å². The van der Waals surface area contributed by atoms with Crippen LogP contribution in [-0.2, 0) is 19.1 Å². The zero-order chi connectivity index (χ0) is 16.3. The Hall–Kier alpha value is -0.470. The van der Waals surface area contributed by atoms with E-state index >= 15 is 0 Å². The Balaban J connectivity index is 1.50. The lowest BCUT2D eigenvalue weighted by Crippen LogP contribution is -2.47. The molecule has 0 aromatic rings. The molecule has 126 valence electrons. The van der Waals surface area contributed by atoms with Crippen molar-refractivity contribution in [1.29, 1.82) is 0 Å². The van der Waals surface area contributed by atoms with Gasteiger partial charge in [-0.25, -0.2) is 0 Å². The second-order valence-corrected chi connectivity index (χ2v) is 8.87. The van der Waals surface area contributed by atoms with E-state index in [2.05, 4.69) is 31.9 Å².